The number of rotatable bonds is 6. The summed E-state index contributed by atoms with van der Waals surface area (Å²) in [4.78, 5) is 15.0. The normalized spacial score (nSPS) is 14.4. The van der Waals surface area contributed by atoms with E-state index < -0.39 is 4.92 Å². The maximum atomic E-state index is 11.0. The number of halogens is 1. The van der Waals surface area contributed by atoms with Crippen molar-refractivity contribution in [2.24, 2.45) is 7.05 Å². The fourth-order valence-electron chi connectivity index (χ4n) is 3.76. The number of aryl methyl sites for hydroxylation is 1. The summed E-state index contributed by atoms with van der Waals surface area (Å²) in [6.07, 6.45) is 0. The standard InChI is InChI=1S/C21H21ClN6O3.Os/c1-25-19(21(23-24-25)16-5-3-4-6-20(16)31-2)14-26-9-11-27(12-10-26)18-8-7-15(28(29)30)13-17(18)22;/h3-8,13H,9-12H2,1-2H3;. The van der Waals surface area contributed by atoms with Crippen molar-refractivity contribution in [3.63, 3.8) is 0 Å². The third-order valence-electron chi connectivity index (χ3n) is 5.41. The Morgan fingerprint density at radius 1 is 1.19 bits per heavy atom. The SMILES string of the molecule is COc1ccccc1-c1nnn(C)c1[C](=[Os])N1CCN(c2ccc([N+](=O)[O-])cc2Cl)CC1. The van der Waals surface area contributed by atoms with E-state index >= 15 is 0 Å². The molecule has 3 aromatic rings. The van der Waals surface area contributed by atoms with Gasteiger partial charge in [0, 0.05) is 0 Å². The molecule has 168 valence electrons. The molecular formula is C21H21ClN6O3Os. The van der Waals surface area contributed by atoms with Gasteiger partial charge in [0.25, 0.3) is 0 Å². The molecule has 9 nitrogen and oxygen atoms in total. The number of benzene rings is 2. The maximum absolute atomic E-state index is 11.0. The molecule has 11 heteroatoms. The minimum absolute atomic E-state index is 0.00431. The number of hydrogen-bond donors (Lipinski definition) is 0. The second-order valence-electron chi connectivity index (χ2n) is 7.26. The topological polar surface area (TPSA) is 89.6 Å². The molecule has 0 bridgehead atoms. The molecule has 0 atom stereocenters. The molecule has 0 radical (unpaired) electrons. The van der Waals surface area contributed by atoms with Gasteiger partial charge in [0.2, 0.25) is 0 Å². The molecule has 1 aromatic heterocycles. The third kappa shape index (κ3) is 4.31. The molecule has 2 heterocycles. The number of aromatic nitrogens is 3. The van der Waals surface area contributed by atoms with Crippen LogP contribution in [0.3, 0.4) is 0 Å². The number of anilines is 1. The van der Waals surface area contributed by atoms with Crippen molar-refractivity contribution in [2.45, 2.75) is 0 Å². The second-order valence-corrected chi connectivity index (χ2v) is 8.87. The number of hydrogen-bond acceptors (Lipinski definition) is 7. The first-order chi connectivity index (χ1) is 15.4. The van der Waals surface area contributed by atoms with E-state index in [1.54, 1.807) is 17.9 Å². The van der Waals surface area contributed by atoms with Crippen molar-refractivity contribution < 1.29 is 27.8 Å². The molecular weight excluding hydrogens is 610 g/mol. The summed E-state index contributed by atoms with van der Waals surface area (Å²) in [5, 5.41) is 20.0. The third-order valence-corrected chi connectivity index (χ3v) is 7.12. The molecule has 4 rings (SSSR count). The Kier molecular flexibility index (Phi) is 6.65. The number of para-hydroxylation sites is 1. The summed E-state index contributed by atoms with van der Waals surface area (Å²) in [7, 11) is 3.54. The van der Waals surface area contributed by atoms with Crippen LogP contribution in [0.1, 0.15) is 5.69 Å². The first-order valence-corrected chi connectivity index (χ1v) is 11.5. The van der Waals surface area contributed by atoms with E-state index in [0.29, 0.717) is 5.02 Å². The monoisotopic (exact) mass is 632 g/mol. The van der Waals surface area contributed by atoms with Gasteiger partial charge < -0.3 is 0 Å². The second kappa shape index (κ2) is 9.45. The van der Waals surface area contributed by atoms with Crippen molar-refractivity contribution >= 4 is 27.2 Å². The van der Waals surface area contributed by atoms with Crippen LogP contribution in [-0.2, 0) is 25.2 Å². The van der Waals surface area contributed by atoms with E-state index in [4.69, 9.17) is 16.3 Å². The van der Waals surface area contributed by atoms with Crippen molar-refractivity contribution in [1.29, 1.82) is 0 Å². The first-order valence-electron chi connectivity index (χ1n) is 9.89. The van der Waals surface area contributed by atoms with Gasteiger partial charge >= 0.3 is 200 Å². The van der Waals surface area contributed by atoms with Gasteiger partial charge in [-0.05, 0) is 0 Å². The summed E-state index contributed by atoms with van der Waals surface area (Å²) >= 11 is 8.15. The molecule has 0 saturated carbocycles. The van der Waals surface area contributed by atoms with E-state index in [0.717, 1.165) is 58.8 Å². The molecule has 1 aliphatic heterocycles. The fraction of sp³-hybridized carbons (Fsp3) is 0.286. The van der Waals surface area contributed by atoms with E-state index in [2.05, 4.69) is 20.1 Å². The van der Waals surface area contributed by atoms with E-state index in [-0.39, 0.29) is 5.69 Å². The van der Waals surface area contributed by atoms with Crippen LogP contribution in [0.25, 0.3) is 11.3 Å². The molecule has 0 unspecified atom stereocenters. The summed E-state index contributed by atoms with van der Waals surface area (Å²) in [6.45, 7) is 3.05. The Morgan fingerprint density at radius 3 is 2.56 bits per heavy atom. The first kappa shape index (κ1) is 22.5. The number of nitro groups is 1. The molecule has 1 saturated heterocycles. The van der Waals surface area contributed by atoms with Crippen LogP contribution in [0.5, 0.6) is 5.75 Å². The predicted octanol–water partition coefficient (Wildman–Crippen LogP) is 2.90. The van der Waals surface area contributed by atoms with Crippen LogP contribution in [0.2, 0.25) is 5.02 Å². The quantitative estimate of drug-likeness (QED) is 0.306. The summed E-state index contributed by atoms with van der Waals surface area (Å²) in [5.41, 5.74) is 3.45. The molecule has 1 aliphatic rings. The van der Waals surface area contributed by atoms with Gasteiger partial charge in [-0.2, -0.15) is 0 Å². The van der Waals surface area contributed by atoms with Crippen molar-refractivity contribution in [2.75, 3.05) is 38.2 Å². The Labute approximate surface area is 200 Å². The Balaban J connectivity index is 1.53. The average molecular weight is 631 g/mol. The van der Waals surface area contributed by atoms with Crippen LogP contribution >= 0.6 is 11.6 Å². The van der Waals surface area contributed by atoms with Gasteiger partial charge in [-0.1, -0.05) is 0 Å². The van der Waals surface area contributed by atoms with Gasteiger partial charge in [0.15, 0.2) is 0 Å². The summed E-state index contributed by atoms with van der Waals surface area (Å²) < 4.78 is 8.43. The number of nitro benzene ring substituents is 1. The average Bonchev–Trinajstić information content (AvgIpc) is 3.19. The summed E-state index contributed by atoms with van der Waals surface area (Å²) in [6, 6.07) is 12.4. The number of non-ortho nitro benzene ring substituents is 1. The Morgan fingerprint density at radius 2 is 1.91 bits per heavy atom. The van der Waals surface area contributed by atoms with Crippen LogP contribution in [0.15, 0.2) is 42.5 Å². The van der Waals surface area contributed by atoms with Gasteiger partial charge in [-0.25, -0.2) is 0 Å². The van der Waals surface area contributed by atoms with E-state index in [1.807, 2.05) is 49.5 Å². The Bertz CT molecular complexity index is 1180. The van der Waals surface area contributed by atoms with Crippen LogP contribution in [-0.4, -0.2) is 62.3 Å². The number of piperazine rings is 1. The van der Waals surface area contributed by atoms with Gasteiger partial charge in [0.05, 0.1) is 0 Å². The van der Waals surface area contributed by atoms with Crippen molar-refractivity contribution in [3.8, 4) is 17.0 Å². The number of ether oxygens (including phenoxy) is 1. The van der Waals surface area contributed by atoms with Gasteiger partial charge in [0.1, 0.15) is 0 Å². The van der Waals surface area contributed by atoms with E-state index in [1.165, 1.54) is 12.1 Å². The zero-order valence-electron chi connectivity index (χ0n) is 17.5. The van der Waals surface area contributed by atoms with Crippen LogP contribution in [0.4, 0.5) is 11.4 Å². The van der Waals surface area contributed by atoms with Gasteiger partial charge in [-0.15, -0.1) is 0 Å². The van der Waals surface area contributed by atoms with Crippen LogP contribution in [0, 0.1) is 10.1 Å². The molecule has 0 amide bonds. The predicted molar refractivity (Wildman–Crippen MR) is 119 cm³/mol. The van der Waals surface area contributed by atoms with Crippen LogP contribution < -0.4 is 9.64 Å². The zero-order valence-corrected chi connectivity index (χ0v) is 20.8. The fourth-order valence-corrected chi connectivity index (χ4v) is 5.33. The van der Waals surface area contributed by atoms with E-state index in [9.17, 15) is 10.1 Å². The zero-order chi connectivity index (χ0) is 22.8. The molecule has 1 fully saturated rings. The van der Waals surface area contributed by atoms with Crippen molar-refractivity contribution in [1.82, 2.24) is 19.9 Å². The molecule has 2 aromatic carbocycles. The summed E-state index contributed by atoms with van der Waals surface area (Å²) in [5.74, 6) is 0.753. The molecule has 0 aliphatic carbocycles. The number of nitrogens with zero attached hydrogens (tertiary/aromatic N) is 6. The Hall–Kier alpha value is -2.66. The molecule has 0 spiro atoms. The number of methoxy groups -OCH3 is 1. The molecule has 0 N–H and O–H groups in total. The van der Waals surface area contributed by atoms with Crippen molar-refractivity contribution in [3.05, 3.63) is 63.3 Å². The minimum atomic E-state index is -0.436. The van der Waals surface area contributed by atoms with Gasteiger partial charge in [-0.3, -0.25) is 0 Å². The molecule has 32 heavy (non-hydrogen) atoms.